The second-order valence-electron chi connectivity index (χ2n) is 18.4. The standard InChI is InChI=1S/C70H62N4.4BrH/c1-9-29-59(30-10-1)67-41-25-49-71(55-67)45-21-5-17-37-63-53-65(39-19-7-23-47-73-51-27-43-69(57-73)61-33-13-3-14-34-61)66(40-20-8-24-48-74-52-28-44-70(58-74)62-35-15-4-16-36-62)54-64(63)38-18-6-22-46-72-50-26-42-68(56-72)60-31-11-2-12-32-60;;;;/h1-4,9-16,25-36,41-44,49-58H,5-8,21-24,45-48H2;4*1H/q+4;;;;/p-4. The number of nitrogens with zero attached hydrogens (tertiary/aromatic N) is 4. The molecule has 0 unspecified atom stereocenters. The molecule has 0 saturated carbocycles. The summed E-state index contributed by atoms with van der Waals surface area (Å²) in [6.45, 7) is 3.52. The Morgan fingerprint density at radius 2 is 0.449 bits per heavy atom. The van der Waals surface area contributed by atoms with Crippen molar-refractivity contribution in [2.75, 3.05) is 0 Å². The fourth-order valence-corrected chi connectivity index (χ4v) is 8.89. The quantitative estimate of drug-likeness (QED) is 0.0777. The zero-order valence-corrected chi connectivity index (χ0v) is 50.1. The van der Waals surface area contributed by atoms with Crippen LogP contribution in [0.2, 0.25) is 0 Å². The van der Waals surface area contributed by atoms with Crippen LogP contribution in [0.25, 0.3) is 44.5 Å². The molecule has 0 atom stereocenters. The number of benzene rings is 5. The van der Waals surface area contributed by atoms with Crippen LogP contribution in [0.3, 0.4) is 0 Å². The van der Waals surface area contributed by atoms with E-state index in [1.807, 2.05) is 0 Å². The number of hydrogen-bond acceptors (Lipinski definition) is 0. The molecule has 9 rings (SSSR count). The fourth-order valence-electron chi connectivity index (χ4n) is 8.89. The third-order valence-corrected chi connectivity index (χ3v) is 12.8. The molecule has 0 saturated heterocycles. The van der Waals surface area contributed by atoms with Gasteiger partial charge in [-0.25, -0.2) is 18.3 Å². The summed E-state index contributed by atoms with van der Waals surface area (Å²) in [5.74, 6) is 28.3. The van der Waals surface area contributed by atoms with Crippen molar-refractivity contribution in [3.05, 3.63) is 254 Å². The van der Waals surface area contributed by atoms with Crippen LogP contribution in [0.15, 0.2) is 232 Å². The van der Waals surface area contributed by atoms with Crippen molar-refractivity contribution in [1.82, 2.24) is 0 Å². The van der Waals surface area contributed by atoms with Gasteiger partial charge >= 0.3 is 0 Å². The Kier molecular flexibility index (Phi) is 26.8. The minimum absolute atomic E-state index is 0. The molecule has 0 spiro atoms. The summed E-state index contributed by atoms with van der Waals surface area (Å²) in [4.78, 5) is 0. The Morgan fingerprint density at radius 1 is 0.244 bits per heavy atom. The van der Waals surface area contributed by atoms with Gasteiger partial charge in [0.05, 0.1) is 0 Å². The zero-order chi connectivity index (χ0) is 50.2. The van der Waals surface area contributed by atoms with Gasteiger partial charge in [-0.2, -0.15) is 0 Å². The third-order valence-electron chi connectivity index (χ3n) is 12.8. The zero-order valence-electron chi connectivity index (χ0n) is 43.7. The van der Waals surface area contributed by atoms with Gasteiger partial charge in [0.25, 0.3) is 0 Å². The first-order chi connectivity index (χ1) is 36.7. The van der Waals surface area contributed by atoms with Gasteiger partial charge in [0.15, 0.2) is 49.6 Å². The molecule has 0 amide bonds. The highest BCUT2D eigenvalue weighted by Crippen LogP contribution is 2.21. The monoisotopic (exact) mass is 1270 g/mol. The molecule has 0 aliphatic heterocycles. The first-order valence-electron chi connectivity index (χ1n) is 26.0. The van der Waals surface area contributed by atoms with Gasteiger partial charge in [-0.05, 0) is 58.7 Å². The number of aryl methyl sites for hydroxylation is 4. The molecule has 0 fully saturated rings. The second-order valence-corrected chi connectivity index (χ2v) is 18.4. The van der Waals surface area contributed by atoms with Crippen molar-refractivity contribution in [2.45, 2.75) is 77.5 Å². The first kappa shape index (κ1) is 61.7. The predicted octanol–water partition coefficient (Wildman–Crippen LogP) is 0.848. The maximum Gasteiger partial charge on any atom is 0.176 e. The van der Waals surface area contributed by atoms with Gasteiger partial charge in [0.1, 0.15) is 26.2 Å². The Balaban J connectivity index is 0.00000280. The summed E-state index contributed by atoms with van der Waals surface area (Å²) in [5.41, 5.74) is 13.3. The van der Waals surface area contributed by atoms with Crippen molar-refractivity contribution in [1.29, 1.82) is 0 Å². The van der Waals surface area contributed by atoms with E-state index in [0.29, 0.717) is 0 Å². The van der Waals surface area contributed by atoms with Crippen molar-refractivity contribution >= 4 is 0 Å². The molecule has 78 heavy (non-hydrogen) atoms. The van der Waals surface area contributed by atoms with E-state index in [4.69, 9.17) is 0 Å². The molecule has 4 heterocycles. The molecule has 0 aliphatic rings. The largest absolute Gasteiger partial charge is 1.00 e. The van der Waals surface area contributed by atoms with Crippen LogP contribution in [-0.4, -0.2) is 0 Å². The molecular weight excluding hydrogens is 1220 g/mol. The number of aromatic nitrogens is 4. The number of unbranched alkanes of at least 4 members (excludes halogenated alkanes) is 4. The molecule has 4 nitrogen and oxygen atoms in total. The summed E-state index contributed by atoms with van der Waals surface area (Å²) < 4.78 is 9.04. The van der Waals surface area contributed by atoms with E-state index in [-0.39, 0.29) is 67.9 Å². The molecule has 0 N–H and O–H groups in total. The molecule has 4 aromatic heterocycles. The van der Waals surface area contributed by atoms with Crippen molar-refractivity contribution in [3.8, 4) is 91.9 Å². The van der Waals surface area contributed by atoms with Gasteiger partial charge in [-0.15, -0.1) is 0 Å². The van der Waals surface area contributed by atoms with Crippen LogP contribution in [0, 0.1) is 47.4 Å². The summed E-state index contributed by atoms with van der Waals surface area (Å²) >= 11 is 0. The number of rotatable bonds is 16. The maximum atomic E-state index is 3.56. The molecule has 0 bridgehead atoms. The normalized spacial score (nSPS) is 9.85. The molecule has 0 aliphatic carbocycles. The van der Waals surface area contributed by atoms with Gasteiger partial charge in [0.2, 0.25) is 0 Å². The summed E-state index contributed by atoms with van der Waals surface area (Å²) in [6.07, 6.45) is 24.2. The van der Waals surface area contributed by atoms with Crippen LogP contribution in [0.5, 0.6) is 0 Å². The average Bonchev–Trinajstić information content (AvgIpc) is 3.46. The first-order valence-corrected chi connectivity index (χ1v) is 26.0. The molecule has 0 radical (unpaired) electrons. The summed E-state index contributed by atoms with van der Waals surface area (Å²) in [5, 5.41) is 0. The lowest BCUT2D eigenvalue weighted by molar-refractivity contribution is -0.696. The smallest absolute Gasteiger partial charge is 0.176 e. The second kappa shape index (κ2) is 33.9. The predicted molar refractivity (Wildman–Crippen MR) is 299 cm³/mol. The minimum Gasteiger partial charge on any atom is -1.00 e. The van der Waals surface area contributed by atoms with Crippen LogP contribution in [0.4, 0.5) is 0 Å². The molecule has 9 aromatic rings. The highest BCUT2D eigenvalue weighted by molar-refractivity contribution is 5.64. The van der Waals surface area contributed by atoms with E-state index < -0.39 is 0 Å². The number of pyridine rings is 4. The maximum absolute atomic E-state index is 3.56. The molecule has 8 heteroatoms. The topological polar surface area (TPSA) is 15.5 Å². The summed E-state index contributed by atoms with van der Waals surface area (Å²) in [7, 11) is 0. The van der Waals surface area contributed by atoms with E-state index in [1.165, 1.54) is 44.5 Å². The average molecular weight is 1280 g/mol. The van der Waals surface area contributed by atoms with E-state index in [9.17, 15) is 0 Å². The Bertz CT molecular complexity index is 3070. The van der Waals surface area contributed by atoms with E-state index >= 15 is 0 Å². The fraction of sp³-hybridized carbons (Fsp3) is 0.171. The third kappa shape index (κ3) is 19.1. The van der Waals surface area contributed by atoms with E-state index in [0.717, 1.165) is 99.8 Å². The Morgan fingerprint density at radius 3 is 0.667 bits per heavy atom. The lowest BCUT2D eigenvalue weighted by Crippen LogP contribution is -3.00. The lowest BCUT2D eigenvalue weighted by atomic mass is 9.98. The van der Waals surface area contributed by atoms with E-state index in [1.54, 1.807) is 0 Å². The number of hydrogen-bond donors (Lipinski definition) is 0. The van der Waals surface area contributed by atoms with E-state index in [2.05, 4.69) is 297 Å². The number of halogens is 4. The molecule has 390 valence electrons. The Hall–Kier alpha value is -7.14. The van der Waals surface area contributed by atoms with Crippen LogP contribution in [-0.2, 0) is 26.2 Å². The van der Waals surface area contributed by atoms with Gasteiger partial charge < -0.3 is 67.9 Å². The Labute approximate surface area is 505 Å². The van der Waals surface area contributed by atoms with Crippen LogP contribution in [0.1, 0.15) is 73.6 Å². The molecule has 5 aromatic carbocycles. The van der Waals surface area contributed by atoms with Crippen molar-refractivity contribution in [3.63, 3.8) is 0 Å². The van der Waals surface area contributed by atoms with Gasteiger partial charge in [-0.3, -0.25) is 0 Å². The lowest BCUT2D eigenvalue weighted by Gasteiger charge is -2.04. The molecular formula is C70H62Br4N4. The van der Waals surface area contributed by atoms with Crippen LogP contribution >= 0.6 is 0 Å². The van der Waals surface area contributed by atoms with Crippen molar-refractivity contribution < 1.29 is 86.2 Å². The van der Waals surface area contributed by atoms with Crippen LogP contribution < -0.4 is 86.2 Å². The highest BCUT2D eigenvalue weighted by Gasteiger charge is 2.10. The van der Waals surface area contributed by atoms with Gasteiger partial charge in [0, 0.05) is 120 Å². The summed E-state index contributed by atoms with van der Waals surface area (Å²) in [6, 6.07) is 63.6. The SMILES string of the molecule is C(#Cc1cc(C#CCCC[n+]2cccc(-c3ccccc3)c2)c(C#CCCC[n+]2cccc(-c3ccccc3)c2)cc1C#CCCC[n+]1cccc(-c2ccccc2)c1)CCC[n+]1cccc(-c2ccccc2)c1.[Br-].[Br-].[Br-].[Br-]. The highest BCUT2D eigenvalue weighted by atomic mass is 79.9. The minimum atomic E-state index is 0. The van der Waals surface area contributed by atoms with Gasteiger partial charge in [-0.1, -0.05) is 169 Å². The van der Waals surface area contributed by atoms with Crippen molar-refractivity contribution in [2.24, 2.45) is 0 Å².